The predicted molar refractivity (Wildman–Crippen MR) is 124 cm³/mol. The van der Waals surface area contributed by atoms with Gasteiger partial charge in [0.05, 0.1) is 28.8 Å². The third-order valence-corrected chi connectivity index (χ3v) is 6.56. The van der Waals surface area contributed by atoms with Gasteiger partial charge in [-0.1, -0.05) is 54.1 Å². The van der Waals surface area contributed by atoms with Crippen molar-refractivity contribution in [2.45, 2.75) is 10.8 Å². The highest BCUT2D eigenvalue weighted by atomic mass is 35.5. The van der Waals surface area contributed by atoms with Crippen LogP contribution < -0.4 is 5.73 Å². The standard InChI is InChI=1S/C23H18ClN5O2S/c24-19-10-8-18(9-11-19)22-21(17-4-2-1-3-5-17)15-29(27-22)23(26)28-32(30,31)20-12-6-16(14-25)7-13-20/h1-13,21H,15H2,(H2,26,28)/t21-/m0/s1. The first-order valence-corrected chi connectivity index (χ1v) is 11.5. The zero-order valence-corrected chi connectivity index (χ0v) is 18.3. The van der Waals surface area contributed by atoms with Gasteiger partial charge in [0.1, 0.15) is 0 Å². The van der Waals surface area contributed by atoms with Crippen LogP contribution in [0.3, 0.4) is 0 Å². The highest BCUT2D eigenvalue weighted by Crippen LogP contribution is 2.29. The molecule has 0 fully saturated rings. The van der Waals surface area contributed by atoms with Gasteiger partial charge in [-0.2, -0.15) is 18.8 Å². The summed E-state index contributed by atoms with van der Waals surface area (Å²) < 4.78 is 29.2. The molecule has 0 saturated carbocycles. The third-order valence-electron chi connectivity index (χ3n) is 5.02. The van der Waals surface area contributed by atoms with Gasteiger partial charge in [-0.15, -0.1) is 4.40 Å². The van der Waals surface area contributed by atoms with E-state index in [1.54, 1.807) is 12.1 Å². The lowest BCUT2D eigenvalue weighted by Gasteiger charge is -2.15. The van der Waals surface area contributed by atoms with Crippen molar-refractivity contribution in [3.63, 3.8) is 0 Å². The van der Waals surface area contributed by atoms with E-state index in [1.807, 2.05) is 48.5 Å². The molecule has 1 atom stereocenters. The summed E-state index contributed by atoms with van der Waals surface area (Å²) in [7, 11) is -4.07. The van der Waals surface area contributed by atoms with Crippen molar-refractivity contribution in [3.05, 3.63) is 101 Å². The van der Waals surface area contributed by atoms with E-state index in [-0.39, 0.29) is 16.8 Å². The Hall–Kier alpha value is -3.67. The van der Waals surface area contributed by atoms with E-state index in [2.05, 4.69) is 9.50 Å². The number of hydrazone groups is 1. The van der Waals surface area contributed by atoms with Gasteiger partial charge < -0.3 is 5.73 Å². The summed E-state index contributed by atoms with van der Waals surface area (Å²) >= 11 is 6.03. The van der Waals surface area contributed by atoms with E-state index in [4.69, 9.17) is 22.6 Å². The molecule has 1 aliphatic rings. The van der Waals surface area contributed by atoms with Gasteiger partial charge in [-0.05, 0) is 47.5 Å². The number of nitrogens with zero attached hydrogens (tertiary/aromatic N) is 4. The summed E-state index contributed by atoms with van der Waals surface area (Å²) in [6, 6.07) is 24.5. The third kappa shape index (κ3) is 4.49. The summed E-state index contributed by atoms with van der Waals surface area (Å²) in [5, 5.41) is 15.5. The number of sulfonamides is 1. The molecule has 32 heavy (non-hydrogen) atoms. The van der Waals surface area contributed by atoms with Gasteiger partial charge in [-0.3, -0.25) is 0 Å². The van der Waals surface area contributed by atoms with E-state index in [0.717, 1.165) is 16.8 Å². The Kier molecular flexibility index (Phi) is 5.95. The molecular weight excluding hydrogens is 446 g/mol. The van der Waals surface area contributed by atoms with Crippen LogP contribution in [0.2, 0.25) is 5.02 Å². The predicted octanol–water partition coefficient (Wildman–Crippen LogP) is 3.72. The number of nitriles is 1. The van der Waals surface area contributed by atoms with Crippen molar-refractivity contribution >= 4 is 33.3 Å². The van der Waals surface area contributed by atoms with Crippen molar-refractivity contribution in [2.75, 3.05) is 6.54 Å². The van der Waals surface area contributed by atoms with Crippen molar-refractivity contribution in [1.82, 2.24) is 5.01 Å². The second kappa shape index (κ2) is 8.83. The molecule has 2 N–H and O–H groups in total. The molecule has 0 amide bonds. The van der Waals surface area contributed by atoms with Gasteiger partial charge >= 0.3 is 0 Å². The number of hydrogen-bond acceptors (Lipinski definition) is 4. The van der Waals surface area contributed by atoms with Crippen LogP contribution in [0, 0.1) is 11.3 Å². The number of guanidine groups is 1. The molecule has 1 heterocycles. The minimum atomic E-state index is -4.07. The molecule has 3 aromatic rings. The van der Waals surface area contributed by atoms with Crippen LogP contribution in [0.25, 0.3) is 0 Å². The van der Waals surface area contributed by atoms with E-state index in [9.17, 15) is 8.42 Å². The topological polar surface area (TPSA) is 112 Å². The number of rotatable bonds is 4. The fourth-order valence-corrected chi connectivity index (χ4v) is 4.45. The summed E-state index contributed by atoms with van der Waals surface area (Å²) in [5.74, 6) is -0.372. The summed E-state index contributed by atoms with van der Waals surface area (Å²) in [6.45, 7) is 0.334. The van der Waals surface area contributed by atoms with Gasteiger partial charge in [0.2, 0.25) is 5.96 Å². The fourth-order valence-electron chi connectivity index (χ4n) is 3.40. The minimum Gasteiger partial charge on any atom is -0.367 e. The van der Waals surface area contributed by atoms with Crippen LogP contribution >= 0.6 is 11.6 Å². The molecule has 1 aliphatic heterocycles. The number of benzene rings is 3. The van der Waals surface area contributed by atoms with E-state index in [0.29, 0.717) is 17.1 Å². The molecule has 0 spiro atoms. The summed E-state index contributed by atoms with van der Waals surface area (Å²) in [4.78, 5) is -0.0554. The Bertz CT molecular complexity index is 1330. The van der Waals surface area contributed by atoms with Crippen LogP contribution in [0.15, 0.2) is 93.3 Å². The molecule has 3 aromatic carbocycles. The van der Waals surface area contributed by atoms with Crippen LogP contribution in [0.4, 0.5) is 0 Å². The first-order chi connectivity index (χ1) is 15.4. The van der Waals surface area contributed by atoms with E-state index in [1.165, 1.54) is 29.3 Å². The second-order valence-corrected chi connectivity index (χ2v) is 9.14. The molecule has 0 saturated heterocycles. The van der Waals surface area contributed by atoms with Crippen molar-refractivity contribution in [2.24, 2.45) is 15.2 Å². The number of halogens is 1. The van der Waals surface area contributed by atoms with Crippen LogP contribution in [-0.4, -0.2) is 31.6 Å². The Labute approximate surface area is 191 Å². The Morgan fingerprint density at radius 1 is 1.06 bits per heavy atom. The maximum absolute atomic E-state index is 12.7. The number of hydrogen-bond donors (Lipinski definition) is 1. The zero-order chi connectivity index (χ0) is 22.7. The SMILES string of the molecule is N#Cc1ccc(S(=O)(=O)/N=C(\N)N2C[C@@H](c3ccccc3)C(c3ccc(Cl)cc3)=N2)cc1. The van der Waals surface area contributed by atoms with Crippen molar-refractivity contribution < 1.29 is 8.42 Å². The molecule has 0 aromatic heterocycles. The molecule has 9 heteroatoms. The second-order valence-electron chi connectivity index (χ2n) is 7.10. The summed E-state index contributed by atoms with van der Waals surface area (Å²) in [5.41, 5.74) is 9.04. The smallest absolute Gasteiger partial charge is 0.285 e. The van der Waals surface area contributed by atoms with Crippen LogP contribution in [-0.2, 0) is 10.0 Å². The van der Waals surface area contributed by atoms with Gasteiger partial charge in [-0.25, -0.2) is 5.01 Å². The van der Waals surface area contributed by atoms with Crippen LogP contribution in [0.1, 0.15) is 22.6 Å². The molecule has 0 aliphatic carbocycles. The average molecular weight is 464 g/mol. The van der Waals surface area contributed by atoms with Crippen LogP contribution in [0.5, 0.6) is 0 Å². The molecule has 160 valence electrons. The molecular formula is C23H18ClN5O2S. The lowest BCUT2D eigenvalue weighted by molar-refractivity contribution is 0.470. The molecule has 0 unspecified atom stereocenters. The minimum absolute atomic E-state index is 0.0554. The molecule has 0 bridgehead atoms. The normalized spacial score (nSPS) is 16.5. The first kappa shape index (κ1) is 21.6. The van der Waals surface area contributed by atoms with Gasteiger partial charge in [0.15, 0.2) is 0 Å². The van der Waals surface area contributed by atoms with Gasteiger partial charge in [0.25, 0.3) is 10.0 Å². The lowest BCUT2D eigenvalue weighted by Crippen LogP contribution is -2.33. The molecule has 4 rings (SSSR count). The molecule has 0 radical (unpaired) electrons. The highest BCUT2D eigenvalue weighted by Gasteiger charge is 2.31. The van der Waals surface area contributed by atoms with Crippen molar-refractivity contribution in [3.8, 4) is 6.07 Å². The zero-order valence-electron chi connectivity index (χ0n) is 16.8. The summed E-state index contributed by atoms with van der Waals surface area (Å²) in [6.07, 6.45) is 0. The Morgan fingerprint density at radius 3 is 2.34 bits per heavy atom. The van der Waals surface area contributed by atoms with E-state index < -0.39 is 10.0 Å². The maximum atomic E-state index is 12.7. The highest BCUT2D eigenvalue weighted by molar-refractivity contribution is 7.90. The average Bonchev–Trinajstić information content (AvgIpc) is 3.26. The molecule has 7 nitrogen and oxygen atoms in total. The Balaban J connectivity index is 1.69. The quantitative estimate of drug-likeness (QED) is 0.468. The van der Waals surface area contributed by atoms with Crippen molar-refractivity contribution in [1.29, 1.82) is 5.26 Å². The van der Waals surface area contributed by atoms with Gasteiger partial charge in [0, 0.05) is 10.9 Å². The number of nitrogens with two attached hydrogens (primary N) is 1. The first-order valence-electron chi connectivity index (χ1n) is 9.65. The largest absolute Gasteiger partial charge is 0.367 e. The lowest BCUT2D eigenvalue weighted by atomic mass is 9.91. The monoisotopic (exact) mass is 463 g/mol. The maximum Gasteiger partial charge on any atom is 0.285 e. The fraction of sp³-hybridized carbons (Fsp3) is 0.0870. The van der Waals surface area contributed by atoms with E-state index >= 15 is 0 Å². The Morgan fingerprint density at radius 2 is 1.72 bits per heavy atom.